The van der Waals surface area contributed by atoms with Crippen LogP contribution in [0.1, 0.15) is 36.1 Å². The Morgan fingerprint density at radius 1 is 1.17 bits per heavy atom. The molecule has 1 fully saturated rings. The number of thioether (sulfide) groups is 1. The van der Waals surface area contributed by atoms with E-state index in [0.29, 0.717) is 51.9 Å². The Balaban J connectivity index is 1.36. The minimum Gasteiger partial charge on any atom is -0.397 e. The Labute approximate surface area is 213 Å². The maximum Gasteiger partial charge on any atom is 0.264 e. The lowest BCUT2D eigenvalue weighted by atomic mass is 10.0. The van der Waals surface area contributed by atoms with Crippen LogP contribution >= 0.6 is 23.4 Å². The highest BCUT2D eigenvalue weighted by molar-refractivity contribution is 7.99. The number of benzene rings is 2. The molecule has 2 aliphatic rings. The number of nitrogens with zero attached hydrogens (tertiary/aromatic N) is 3. The first-order valence-corrected chi connectivity index (χ1v) is 13.1. The van der Waals surface area contributed by atoms with Crippen LogP contribution in [0.3, 0.4) is 0 Å². The fourth-order valence-corrected chi connectivity index (χ4v) is 5.76. The van der Waals surface area contributed by atoms with Crippen molar-refractivity contribution in [2.24, 2.45) is 0 Å². The molecule has 0 radical (unpaired) electrons. The summed E-state index contributed by atoms with van der Waals surface area (Å²) in [5.41, 5.74) is 9.70. The van der Waals surface area contributed by atoms with E-state index >= 15 is 0 Å². The number of nitrogens with one attached hydrogen (secondary N) is 1. The van der Waals surface area contributed by atoms with Gasteiger partial charge >= 0.3 is 0 Å². The molecular weight excluding hydrogens is 482 g/mol. The molecule has 182 valence electrons. The fourth-order valence-electron chi connectivity index (χ4n) is 4.32. The normalized spacial score (nSPS) is 15.5. The molecule has 7 nitrogen and oxygen atoms in total. The Morgan fingerprint density at radius 2 is 1.94 bits per heavy atom. The van der Waals surface area contributed by atoms with E-state index in [2.05, 4.69) is 5.32 Å². The van der Waals surface area contributed by atoms with E-state index < -0.39 is 0 Å². The second-order valence-corrected chi connectivity index (χ2v) is 10.7. The van der Waals surface area contributed by atoms with Crippen molar-refractivity contribution in [3.8, 4) is 5.69 Å². The Morgan fingerprint density at radius 3 is 2.66 bits per heavy atom. The van der Waals surface area contributed by atoms with Gasteiger partial charge in [0.2, 0.25) is 5.91 Å². The molecule has 2 heterocycles. The lowest BCUT2D eigenvalue weighted by molar-refractivity contribution is -0.131. The minimum atomic E-state index is -0.138. The lowest BCUT2D eigenvalue weighted by Gasteiger charge is -2.30. The van der Waals surface area contributed by atoms with Crippen LogP contribution in [0.4, 0.5) is 5.69 Å². The van der Waals surface area contributed by atoms with Crippen LogP contribution < -0.4 is 16.6 Å². The van der Waals surface area contributed by atoms with Gasteiger partial charge in [-0.25, -0.2) is 4.98 Å². The number of aromatic nitrogens is 2. The highest BCUT2D eigenvalue weighted by atomic mass is 35.5. The van der Waals surface area contributed by atoms with E-state index in [4.69, 9.17) is 22.3 Å². The number of fused-ring (bicyclic) bond motifs is 1. The van der Waals surface area contributed by atoms with Crippen molar-refractivity contribution < 1.29 is 4.79 Å². The van der Waals surface area contributed by atoms with Crippen LogP contribution in [-0.4, -0.2) is 38.7 Å². The number of nitrogen functional groups attached to an aromatic ring is 1. The molecule has 3 aromatic rings. The molecule has 2 aromatic carbocycles. The number of anilines is 1. The molecule has 5 rings (SSSR count). The van der Waals surface area contributed by atoms with Gasteiger partial charge in [-0.1, -0.05) is 54.0 Å². The predicted octanol–water partition coefficient (Wildman–Crippen LogP) is 3.79. The van der Waals surface area contributed by atoms with Crippen LogP contribution in [0.25, 0.3) is 5.69 Å². The van der Waals surface area contributed by atoms with Crippen LogP contribution in [0, 0.1) is 0 Å². The van der Waals surface area contributed by atoms with Gasteiger partial charge in [0.25, 0.3) is 5.56 Å². The summed E-state index contributed by atoms with van der Waals surface area (Å²) in [7, 11) is 0. The minimum absolute atomic E-state index is 0.0392. The van der Waals surface area contributed by atoms with E-state index in [1.165, 1.54) is 6.42 Å². The van der Waals surface area contributed by atoms with Gasteiger partial charge in [-0.05, 0) is 42.7 Å². The molecule has 9 heteroatoms. The SMILES string of the molecule is Nc1ccccc1-n1c(SC2CCC2)nc2c(c1=O)CN(C(=O)CNCc1ccc(Cl)cc1)CC2. The van der Waals surface area contributed by atoms with Gasteiger partial charge in [0.1, 0.15) is 0 Å². The second kappa shape index (κ2) is 10.4. The summed E-state index contributed by atoms with van der Waals surface area (Å²) in [6, 6.07) is 14.9. The van der Waals surface area contributed by atoms with Gasteiger partial charge in [-0.2, -0.15) is 0 Å². The van der Waals surface area contributed by atoms with Crippen molar-refractivity contribution in [2.45, 2.75) is 49.2 Å². The van der Waals surface area contributed by atoms with E-state index in [-0.39, 0.29) is 24.6 Å². The average molecular weight is 510 g/mol. The highest BCUT2D eigenvalue weighted by Gasteiger charge is 2.29. The molecule has 0 unspecified atom stereocenters. The first-order valence-electron chi connectivity index (χ1n) is 11.9. The zero-order chi connectivity index (χ0) is 24.4. The molecule has 3 N–H and O–H groups in total. The predicted molar refractivity (Wildman–Crippen MR) is 140 cm³/mol. The Hall–Kier alpha value is -2.81. The van der Waals surface area contributed by atoms with Gasteiger partial charge in [0.15, 0.2) is 5.16 Å². The quantitative estimate of drug-likeness (QED) is 0.372. The molecule has 1 amide bonds. The van der Waals surface area contributed by atoms with Crippen LogP contribution in [0.15, 0.2) is 58.5 Å². The summed E-state index contributed by atoms with van der Waals surface area (Å²) in [6.45, 7) is 1.56. The third-order valence-corrected chi connectivity index (χ3v) is 8.11. The number of hydrogen-bond acceptors (Lipinski definition) is 6. The van der Waals surface area contributed by atoms with Crippen molar-refractivity contribution in [1.29, 1.82) is 0 Å². The van der Waals surface area contributed by atoms with E-state index in [1.807, 2.05) is 42.5 Å². The molecular formula is C26H28ClN5O2S. The number of carbonyl (C=O) groups excluding carboxylic acids is 1. The van der Waals surface area contributed by atoms with Gasteiger partial charge in [-0.15, -0.1) is 0 Å². The summed E-state index contributed by atoms with van der Waals surface area (Å²) < 4.78 is 1.64. The zero-order valence-electron chi connectivity index (χ0n) is 19.4. The van der Waals surface area contributed by atoms with Gasteiger partial charge < -0.3 is 16.0 Å². The number of halogens is 1. The third-order valence-electron chi connectivity index (χ3n) is 6.57. The summed E-state index contributed by atoms with van der Waals surface area (Å²) in [6.07, 6.45) is 4.04. The lowest BCUT2D eigenvalue weighted by Crippen LogP contribution is -2.44. The third kappa shape index (κ3) is 5.24. The smallest absolute Gasteiger partial charge is 0.264 e. The molecule has 0 spiro atoms. The van der Waals surface area contributed by atoms with E-state index in [9.17, 15) is 9.59 Å². The molecule has 0 atom stereocenters. The first kappa shape index (κ1) is 23.9. The molecule has 0 saturated heterocycles. The van der Waals surface area contributed by atoms with Crippen molar-refractivity contribution in [3.05, 3.63) is 80.7 Å². The van der Waals surface area contributed by atoms with Crippen molar-refractivity contribution in [2.75, 3.05) is 18.8 Å². The molecule has 1 aliphatic heterocycles. The summed E-state index contributed by atoms with van der Waals surface area (Å²) in [5.74, 6) is -0.0392. The maximum atomic E-state index is 13.8. The number of carbonyl (C=O) groups is 1. The summed E-state index contributed by atoms with van der Waals surface area (Å²) in [4.78, 5) is 33.3. The highest BCUT2D eigenvalue weighted by Crippen LogP contribution is 2.37. The van der Waals surface area contributed by atoms with Crippen molar-refractivity contribution >= 4 is 35.0 Å². The van der Waals surface area contributed by atoms with E-state index in [0.717, 1.165) is 24.1 Å². The fraction of sp³-hybridized carbons (Fsp3) is 0.346. The average Bonchev–Trinajstić information content (AvgIpc) is 2.83. The van der Waals surface area contributed by atoms with Crippen LogP contribution in [0.2, 0.25) is 5.02 Å². The van der Waals surface area contributed by atoms with Gasteiger partial charge in [0, 0.05) is 29.8 Å². The largest absolute Gasteiger partial charge is 0.397 e. The van der Waals surface area contributed by atoms with Crippen LogP contribution in [0.5, 0.6) is 0 Å². The van der Waals surface area contributed by atoms with Gasteiger partial charge in [-0.3, -0.25) is 14.2 Å². The van der Waals surface area contributed by atoms with Crippen LogP contribution in [-0.2, 0) is 24.3 Å². The topological polar surface area (TPSA) is 93.2 Å². The molecule has 1 aliphatic carbocycles. The first-order chi connectivity index (χ1) is 17.0. The number of amides is 1. The summed E-state index contributed by atoms with van der Waals surface area (Å²) in [5, 5.41) is 5.05. The second-order valence-electron chi connectivity index (χ2n) is 8.99. The molecule has 1 saturated carbocycles. The molecule has 1 aromatic heterocycles. The molecule has 35 heavy (non-hydrogen) atoms. The van der Waals surface area contributed by atoms with E-state index in [1.54, 1.807) is 27.3 Å². The van der Waals surface area contributed by atoms with Crippen molar-refractivity contribution in [1.82, 2.24) is 19.8 Å². The zero-order valence-corrected chi connectivity index (χ0v) is 20.9. The standard InChI is InChI=1S/C26H28ClN5O2S/c27-18-10-8-17(9-11-18)14-29-15-24(33)31-13-12-22-20(16-31)25(34)32(23-7-2-1-6-21(23)28)26(30-22)35-19-4-3-5-19/h1-2,6-11,19,29H,3-5,12-16,28H2. The number of nitrogens with two attached hydrogens (primary N) is 1. The van der Waals surface area contributed by atoms with Gasteiger partial charge in [0.05, 0.1) is 35.7 Å². The Kier molecular flexibility index (Phi) is 7.13. The maximum absolute atomic E-state index is 13.8. The number of hydrogen-bond donors (Lipinski definition) is 2. The molecule has 0 bridgehead atoms. The number of rotatable bonds is 7. The van der Waals surface area contributed by atoms with Crippen molar-refractivity contribution in [3.63, 3.8) is 0 Å². The Bertz CT molecular complexity index is 1290. The number of para-hydroxylation sites is 2. The monoisotopic (exact) mass is 509 g/mol. The summed E-state index contributed by atoms with van der Waals surface area (Å²) >= 11 is 7.60.